The van der Waals surface area contributed by atoms with Gasteiger partial charge in [-0.25, -0.2) is 4.79 Å². The Morgan fingerprint density at radius 3 is 2.44 bits per heavy atom. The summed E-state index contributed by atoms with van der Waals surface area (Å²) in [6.45, 7) is 5.85. The maximum atomic E-state index is 13.7. The molecule has 172 valence electrons. The first-order chi connectivity index (χ1) is 15.5. The number of amides is 3. The number of carbonyl (C=O) groups excluding carboxylic acids is 2. The van der Waals surface area contributed by atoms with Gasteiger partial charge in [0.2, 0.25) is 0 Å². The van der Waals surface area contributed by atoms with Gasteiger partial charge in [-0.05, 0) is 31.7 Å². The quantitative estimate of drug-likeness (QED) is 0.467. The molecule has 0 saturated carbocycles. The van der Waals surface area contributed by atoms with E-state index in [-0.39, 0.29) is 11.9 Å². The number of urea groups is 1. The zero-order chi connectivity index (χ0) is 22.7. The molecule has 1 aromatic carbocycles. The topological polar surface area (TPSA) is 70.9 Å². The molecule has 8 heteroatoms. The van der Waals surface area contributed by atoms with Crippen molar-refractivity contribution in [1.29, 1.82) is 0 Å². The standard InChI is InChI=1S/C24H33N5O3/c1-19-21(16-25-26(19)2)18-27-13-10-24(11-14-27)22(30)28(17-20-8-5-4-6-9-20)23(31)29(24)12-7-15-32-3/h4-6,8-9,16H,7,10-15,17-18H2,1-3H3. The molecule has 0 N–H and O–H groups in total. The van der Waals surface area contributed by atoms with E-state index in [1.165, 1.54) is 10.5 Å². The van der Waals surface area contributed by atoms with Crippen LogP contribution in [-0.4, -0.2) is 75.3 Å². The number of hydrogen-bond acceptors (Lipinski definition) is 5. The molecule has 0 aliphatic carbocycles. The van der Waals surface area contributed by atoms with E-state index in [4.69, 9.17) is 4.74 Å². The lowest BCUT2D eigenvalue weighted by molar-refractivity contribution is -0.136. The SMILES string of the molecule is COCCCN1C(=O)N(Cc2ccccc2)C(=O)C12CCN(Cc1cnn(C)c1C)CC2. The first-order valence-electron chi connectivity index (χ1n) is 11.3. The smallest absolute Gasteiger partial charge is 0.327 e. The van der Waals surface area contributed by atoms with Gasteiger partial charge in [0.15, 0.2) is 0 Å². The molecule has 0 radical (unpaired) electrons. The summed E-state index contributed by atoms with van der Waals surface area (Å²) >= 11 is 0. The van der Waals surface area contributed by atoms with E-state index >= 15 is 0 Å². The van der Waals surface area contributed by atoms with E-state index in [1.807, 2.05) is 53.2 Å². The number of rotatable bonds is 8. The molecule has 0 atom stereocenters. The number of methoxy groups -OCH3 is 1. The summed E-state index contributed by atoms with van der Waals surface area (Å²) in [7, 11) is 3.61. The summed E-state index contributed by atoms with van der Waals surface area (Å²) in [5.41, 5.74) is 2.58. The van der Waals surface area contributed by atoms with Crippen molar-refractivity contribution in [2.45, 2.75) is 44.8 Å². The van der Waals surface area contributed by atoms with Gasteiger partial charge in [-0.1, -0.05) is 30.3 Å². The molecule has 2 aromatic rings. The van der Waals surface area contributed by atoms with Gasteiger partial charge in [0.05, 0.1) is 12.7 Å². The molecular weight excluding hydrogens is 406 g/mol. The second-order valence-corrected chi connectivity index (χ2v) is 8.84. The van der Waals surface area contributed by atoms with Crippen molar-refractivity contribution < 1.29 is 14.3 Å². The molecular formula is C24H33N5O3. The van der Waals surface area contributed by atoms with Gasteiger partial charge in [-0.3, -0.25) is 19.3 Å². The predicted molar refractivity (Wildman–Crippen MR) is 121 cm³/mol. The predicted octanol–water partition coefficient (Wildman–Crippen LogP) is 2.56. The van der Waals surface area contributed by atoms with Crippen LogP contribution in [0.3, 0.4) is 0 Å². The summed E-state index contributed by atoms with van der Waals surface area (Å²) in [6.07, 6.45) is 3.93. The Kier molecular flexibility index (Phi) is 6.62. The highest BCUT2D eigenvalue weighted by molar-refractivity contribution is 6.07. The third kappa shape index (κ3) is 4.17. The Morgan fingerprint density at radius 2 is 1.81 bits per heavy atom. The van der Waals surface area contributed by atoms with Gasteiger partial charge in [-0.2, -0.15) is 5.10 Å². The van der Waals surface area contributed by atoms with Crippen LogP contribution in [0.5, 0.6) is 0 Å². The molecule has 0 bridgehead atoms. The summed E-state index contributed by atoms with van der Waals surface area (Å²) in [5, 5.41) is 4.34. The summed E-state index contributed by atoms with van der Waals surface area (Å²) < 4.78 is 7.09. The molecule has 3 amide bonds. The molecule has 4 rings (SSSR count). The van der Waals surface area contributed by atoms with Crippen molar-refractivity contribution in [3.05, 3.63) is 53.3 Å². The van der Waals surface area contributed by atoms with Crippen LogP contribution in [0.4, 0.5) is 4.79 Å². The molecule has 0 unspecified atom stereocenters. The fourth-order valence-corrected chi connectivity index (χ4v) is 4.87. The van der Waals surface area contributed by atoms with Crippen molar-refractivity contribution >= 4 is 11.9 Å². The van der Waals surface area contributed by atoms with E-state index in [0.717, 1.165) is 37.3 Å². The number of aromatic nitrogens is 2. The number of hydrogen-bond donors (Lipinski definition) is 0. The van der Waals surface area contributed by atoms with Crippen LogP contribution in [-0.2, 0) is 29.7 Å². The van der Waals surface area contributed by atoms with E-state index in [2.05, 4.69) is 16.9 Å². The lowest BCUT2D eigenvalue weighted by Crippen LogP contribution is -2.56. The number of likely N-dealkylation sites (tertiary alicyclic amines) is 1. The minimum atomic E-state index is -0.750. The van der Waals surface area contributed by atoms with Crippen LogP contribution in [0.2, 0.25) is 0 Å². The number of benzene rings is 1. The first kappa shape index (κ1) is 22.5. The normalized spacial score (nSPS) is 18.8. The molecule has 2 aliphatic heterocycles. The highest BCUT2D eigenvalue weighted by Crippen LogP contribution is 2.38. The van der Waals surface area contributed by atoms with Crippen LogP contribution < -0.4 is 0 Å². The van der Waals surface area contributed by atoms with E-state index < -0.39 is 5.54 Å². The highest BCUT2D eigenvalue weighted by Gasteiger charge is 2.57. The summed E-state index contributed by atoms with van der Waals surface area (Å²) in [6, 6.07) is 9.55. The van der Waals surface area contributed by atoms with Crippen LogP contribution in [0.15, 0.2) is 36.5 Å². The molecule has 2 saturated heterocycles. The third-order valence-electron chi connectivity index (χ3n) is 6.95. The van der Waals surface area contributed by atoms with Crippen molar-refractivity contribution in [1.82, 2.24) is 24.5 Å². The van der Waals surface area contributed by atoms with Crippen LogP contribution >= 0.6 is 0 Å². The van der Waals surface area contributed by atoms with E-state index in [1.54, 1.807) is 7.11 Å². The molecule has 3 heterocycles. The molecule has 8 nitrogen and oxygen atoms in total. The summed E-state index contributed by atoms with van der Waals surface area (Å²) in [4.78, 5) is 32.7. The zero-order valence-electron chi connectivity index (χ0n) is 19.3. The van der Waals surface area contributed by atoms with Crippen LogP contribution in [0.1, 0.15) is 36.1 Å². The van der Waals surface area contributed by atoms with Gasteiger partial charge >= 0.3 is 6.03 Å². The minimum absolute atomic E-state index is 0.0546. The maximum Gasteiger partial charge on any atom is 0.327 e. The molecule has 32 heavy (non-hydrogen) atoms. The largest absolute Gasteiger partial charge is 0.385 e. The number of nitrogens with zero attached hydrogens (tertiary/aromatic N) is 5. The second kappa shape index (κ2) is 9.42. The Labute approximate surface area is 189 Å². The molecule has 1 spiro atoms. The van der Waals surface area contributed by atoms with Crippen LogP contribution in [0, 0.1) is 6.92 Å². The Hall–Kier alpha value is -2.71. The average Bonchev–Trinajstić information content (AvgIpc) is 3.21. The Balaban J connectivity index is 1.51. The fraction of sp³-hybridized carbons (Fsp3) is 0.542. The van der Waals surface area contributed by atoms with Gasteiger partial charge in [0, 0.05) is 58.2 Å². The van der Waals surface area contributed by atoms with E-state index in [9.17, 15) is 9.59 Å². The third-order valence-corrected chi connectivity index (χ3v) is 6.95. The average molecular weight is 440 g/mol. The van der Waals surface area contributed by atoms with E-state index in [0.29, 0.717) is 32.5 Å². The Bertz CT molecular complexity index is 950. The fourth-order valence-electron chi connectivity index (χ4n) is 4.87. The van der Waals surface area contributed by atoms with Gasteiger partial charge < -0.3 is 9.64 Å². The van der Waals surface area contributed by atoms with Crippen molar-refractivity contribution in [2.24, 2.45) is 7.05 Å². The lowest BCUT2D eigenvalue weighted by atomic mass is 9.85. The number of imide groups is 1. The van der Waals surface area contributed by atoms with Gasteiger partial charge in [-0.15, -0.1) is 0 Å². The number of piperidine rings is 1. The monoisotopic (exact) mass is 439 g/mol. The van der Waals surface area contributed by atoms with Gasteiger partial charge in [0.25, 0.3) is 5.91 Å². The molecule has 2 fully saturated rings. The first-order valence-corrected chi connectivity index (χ1v) is 11.3. The van der Waals surface area contributed by atoms with Crippen molar-refractivity contribution in [3.8, 4) is 0 Å². The Morgan fingerprint density at radius 1 is 1.09 bits per heavy atom. The number of carbonyl (C=O) groups is 2. The summed E-state index contributed by atoms with van der Waals surface area (Å²) in [5.74, 6) is -0.0546. The second-order valence-electron chi connectivity index (χ2n) is 8.84. The number of ether oxygens (including phenoxy) is 1. The molecule has 1 aromatic heterocycles. The highest BCUT2D eigenvalue weighted by atomic mass is 16.5. The zero-order valence-corrected chi connectivity index (χ0v) is 19.3. The van der Waals surface area contributed by atoms with Crippen LogP contribution in [0.25, 0.3) is 0 Å². The maximum absolute atomic E-state index is 13.7. The molecule has 2 aliphatic rings. The van der Waals surface area contributed by atoms with Crippen molar-refractivity contribution in [2.75, 3.05) is 33.4 Å². The number of aryl methyl sites for hydroxylation is 1. The minimum Gasteiger partial charge on any atom is -0.385 e. The lowest BCUT2D eigenvalue weighted by Gasteiger charge is -2.42. The van der Waals surface area contributed by atoms with Crippen molar-refractivity contribution in [3.63, 3.8) is 0 Å². The van der Waals surface area contributed by atoms with Gasteiger partial charge in [0.1, 0.15) is 5.54 Å².